The number of rotatable bonds is 6. The molecule has 0 aliphatic carbocycles. The highest BCUT2D eigenvalue weighted by Gasteiger charge is 2.01. The molecule has 0 heterocycles. The van der Waals surface area contributed by atoms with Crippen LogP contribution in [-0.4, -0.2) is 4.83 Å². The molecule has 0 aromatic heterocycles. The van der Waals surface area contributed by atoms with Crippen molar-refractivity contribution >= 4 is 15.9 Å². The van der Waals surface area contributed by atoms with Gasteiger partial charge in [0.2, 0.25) is 0 Å². The van der Waals surface area contributed by atoms with Crippen molar-refractivity contribution in [1.82, 2.24) is 0 Å². The fourth-order valence-corrected chi connectivity index (χ4v) is 1.71. The quantitative estimate of drug-likeness (QED) is 0.584. The molecule has 0 aromatic rings. The lowest BCUT2D eigenvalue weighted by atomic mass is 9.99. The zero-order valence-corrected chi connectivity index (χ0v) is 9.65. The molecule has 0 nitrogen and oxygen atoms in total. The normalized spacial score (nSPS) is 16.4. The first kappa shape index (κ1) is 11.5. The third-order valence-corrected chi connectivity index (χ3v) is 2.54. The summed E-state index contributed by atoms with van der Waals surface area (Å²) in [5, 5.41) is 0. The summed E-state index contributed by atoms with van der Waals surface area (Å²) < 4.78 is 0. The van der Waals surface area contributed by atoms with Gasteiger partial charge in [-0.25, -0.2) is 0 Å². The first-order valence-corrected chi connectivity index (χ1v) is 5.72. The molecule has 0 rings (SSSR count). The average Bonchev–Trinajstić information content (AvgIpc) is 1.87. The Labute approximate surface area is 79.9 Å². The van der Waals surface area contributed by atoms with E-state index in [4.69, 9.17) is 0 Å². The van der Waals surface area contributed by atoms with Gasteiger partial charge < -0.3 is 0 Å². The van der Waals surface area contributed by atoms with Crippen LogP contribution in [0.25, 0.3) is 0 Å². The van der Waals surface area contributed by atoms with E-state index in [1.807, 2.05) is 0 Å². The Balaban J connectivity index is 3.10. The van der Waals surface area contributed by atoms with Gasteiger partial charge in [-0.05, 0) is 12.3 Å². The molecule has 68 valence electrons. The monoisotopic (exact) mass is 220 g/mol. The highest BCUT2D eigenvalue weighted by Crippen LogP contribution is 2.16. The maximum atomic E-state index is 3.56. The first-order chi connectivity index (χ1) is 5.16. The van der Waals surface area contributed by atoms with Crippen LogP contribution in [-0.2, 0) is 0 Å². The van der Waals surface area contributed by atoms with Crippen molar-refractivity contribution in [3.63, 3.8) is 0 Å². The van der Waals surface area contributed by atoms with Crippen LogP contribution in [0.5, 0.6) is 0 Å². The molecule has 2 unspecified atom stereocenters. The lowest BCUT2D eigenvalue weighted by molar-refractivity contribution is 0.461. The zero-order valence-electron chi connectivity index (χ0n) is 8.07. The smallest absolute Gasteiger partial charge is 0.0117 e. The first-order valence-electron chi connectivity index (χ1n) is 4.80. The van der Waals surface area contributed by atoms with Gasteiger partial charge in [0.05, 0.1) is 0 Å². The van der Waals surface area contributed by atoms with Gasteiger partial charge in [0, 0.05) is 4.83 Å². The highest BCUT2D eigenvalue weighted by atomic mass is 79.9. The number of halogens is 1. The maximum absolute atomic E-state index is 3.56. The van der Waals surface area contributed by atoms with E-state index in [1.165, 1.54) is 32.1 Å². The van der Waals surface area contributed by atoms with Crippen molar-refractivity contribution in [2.75, 3.05) is 0 Å². The molecular formula is C10H21Br. The summed E-state index contributed by atoms with van der Waals surface area (Å²) in [7, 11) is 0. The second-order valence-electron chi connectivity index (χ2n) is 3.61. The molecule has 0 fully saturated rings. The predicted octanol–water partition coefficient (Wildman–Crippen LogP) is 4.38. The minimum absolute atomic E-state index is 0.705. The van der Waals surface area contributed by atoms with Crippen molar-refractivity contribution in [1.29, 1.82) is 0 Å². The Morgan fingerprint density at radius 3 is 2.18 bits per heavy atom. The van der Waals surface area contributed by atoms with E-state index in [0.29, 0.717) is 4.83 Å². The fraction of sp³-hybridized carbons (Fsp3) is 1.00. The van der Waals surface area contributed by atoms with E-state index in [0.717, 1.165) is 5.92 Å². The summed E-state index contributed by atoms with van der Waals surface area (Å²) in [5.41, 5.74) is 0. The number of hydrogen-bond acceptors (Lipinski definition) is 0. The molecule has 2 atom stereocenters. The van der Waals surface area contributed by atoms with Crippen LogP contribution in [0.4, 0.5) is 0 Å². The zero-order chi connectivity index (χ0) is 8.69. The average molecular weight is 221 g/mol. The Kier molecular flexibility index (Phi) is 7.46. The molecular weight excluding hydrogens is 200 g/mol. The van der Waals surface area contributed by atoms with E-state index in [2.05, 4.69) is 36.7 Å². The third kappa shape index (κ3) is 8.39. The minimum Gasteiger partial charge on any atom is -0.0894 e. The maximum Gasteiger partial charge on any atom is 0.0117 e. The summed E-state index contributed by atoms with van der Waals surface area (Å²) in [6.45, 7) is 6.86. The van der Waals surface area contributed by atoms with Crippen molar-refractivity contribution < 1.29 is 0 Å². The summed E-state index contributed by atoms with van der Waals surface area (Å²) in [6, 6.07) is 0. The van der Waals surface area contributed by atoms with E-state index >= 15 is 0 Å². The van der Waals surface area contributed by atoms with Gasteiger partial charge in [-0.2, -0.15) is 0 Å². The summed E-state index contributed by atoms with van der Waals surface area (Å²) in [5.74, 6) is 0.936. The van der Waals surface area contributed by atoms with Crippen LogP contribution < -0.4 is 0 Å². The SMILES string of the molecule is CCCC(C)CCCC(C)Br. The van der Waals surface area contributed by atoms with Crippen molar-refractivity contribution in [2.45, 2.75) is 57.7 Å². The van der Waals surface area contributed by atoms with Gasteiger partial charge >= 0.3 is 0 Å². The largest absolute Gasteiger partial charge is 0.0894 e. The predicted molar refractivity (Wildman–Crippen MR) is 56.3 cm³/mol. The highest BCUT2D eigenvalue weighted by molar-refractivity contribution is 9.09. The van der Waals surface area contributed by atoms with Gasteiger partial charge in [-0.3, -0.25) is 0 Å². The Hall–Kier alpha value is 0.480. The Bertz CT molecular complexity index is 78.9. The van der Waals surface area contributed by atoms with Gasteiger partial charge in [0.1, 0.15) is 0 Å². The topological polar surface area (TPSA) is 0 Å². The molecule has 1 heteroatoms. The summed E-state index contributed by atoms with van der Waals surface area (Å²) in [4.78, 5) is 0.705. The van der Waals surface area contributed by atoms with Gasteiger partial charge in [0.15, 0.2) is 0 Å². The van der Waals surface area contributed by atoms with Crippen molar-refractivity contribution in [3.8, 4) is 0 Å². The molecule has 0 bridgehead atoms. The van der Waals surface area contributed by atoms with Crippen LogP contribution >= 0.6 is 15.9 Å². The van der Waals surface area contributed by atoms with Gasteiger partial charge in [-0.15, -0.1) is 0 Å². The van der Waals surface area contributed by atoms with E-state index in [1.54, 1.807) is 0 Å². The van der Waals surface area contributed by atoms with Crippen LogP contribution in [0, 0.1) is 5.92 Å². The van der Waals surface area contributed by atoms with E-state index in [9.17, 15) is 0 Å². The Morgan fingerprint density at radius 2 is 1.73 bits per heavy atom. The number of hydrogen-bond donors (Lipinski definition) is 0. The molecule has 0 saturated heterocycles. The minimum atomic E-state index is 0.705. The second-order valence-corrected chi connectivity index (χ2v) is 5.17. The van der Waals surface area contributed by atoms with Crippen LogP contribution in [0.15, 0.2) is 0 Å². The van der Waals surface area contributed by atoms with Gasteiger partial charge in [0.25, 0.3) is 0 Å². The molecule has 0 aliphatic rings. The summed E-state index contributed by atoms with van der Waals surface area (Å²) in [6.07, 6.45) is 6.85. The lowest BCUT2D eigenvalue weighted by Crippen LogP contribution is -1.96. The van der Waals surface area contributed by atoms with E-state index < -0.39 is 0 Å². The lowest BCUT2D eigenvalue weighted by Gasteiger charge is -2.09. The molecule has 0 radical (unpaired) electrons. The second kappa shape index (κ2) is 7.15. The third-order valence-electron chi connectivity index (χ3n) is 2.08. The Morgan fingerprint density at radius 1 is 1.09 bits per heavy atom. The molecule has 11 heavy (non-hydrogen) atoms. The molecule has 0 N–H and O–H groups in total. The molecule has 0 saturated carbocycles. The number of alkyl halides is 1. The summed E-state index contributed by atoms with van der Waals surface area (Å²) >= 11 is 3.56. The molecule has 0 amide bonds. The van der Waals surface area contributed by atoms with Crippen molar-refractivity contribution in [2.24, 2.45) is 5.92 Å². The van der Waals surface area contributed by atoms with Crippen LogP contribution in [0.3, 0.4) is 0 Å². The van der Waals surface area contributed by atoms with Crippen LogP contribution in [0.2, 0.25) is 0 Å². The van der Waals surface area contributed by atoms with Crippen LogP contribution in [0.1, 0.15) is 52.9 Å². The molecule has 0 spiro atoms. The van der Waals surface area contributed by atoms with E-state index in [-0.39, 0.29) is 0 Å². The molecule has 0 aromatic carbocycles. The fourth-order valence-electron chi connectivity index (χ4n) is 1.38. The standard InChI is InChI=1S/C10H21Br/c1-4-6-9(2)7-5-8-10(3)11/h9-10H,4-8H2,1-3H3. The van der Waals surface area contributed by atoms with Gasteiger partial charge in [-0.1, -0.05) is 62.4 Å². The molecule has 0 aliphatic heterocycles. The van der Waals surface area contributed by atoms with Crippen molar-refractivity contribution in [3.05, 3.63) is 0 Å².